The van der Waals surface area contributed by atoms with Crippen molar-refractivity contribution in [3.63, 3.8) is 0 Å². The molecule has 1 fully saturated rings. The largest absolute Gasteiger partial charge is 0.573 e. The third-order valence-corrected chi connectivity index (χ3v) is 3.54. The van der Waals surface area contributed by atoms with Crippen molar-refractivity contribution in [2.45, 2.75) is 38.3 Å². The number of piperidine rings is 1. The maximum Gasteiger partial charge on any atom is 0.573 e. The van der Waals surface area contributed by atoms with Crippen molar-refractivity contribution < 1.29 is 23.0 Å². The van der Waals surface area contributed by atoms with Gasteiger partial charge in [-0.15, -0.1) is 13.2 Å². The number of nitrogens with one attached hydrogen (secondary N) is 1. The van der Waals surface area contributed by atoms with Gasteiger partial charge < -0.3 is 15.2 Å². The molecule has 1 aliphatic rings. The van der Waals surface area contributed by atoms with E-state index in [0.29, 0.717) is 5.92 Å². The van der Waals surface area contributed by atoms with Gasteiger partial charge in [-0.2, -0.15) is 0 Å². The highest BCUT2D eigenvalue weighted by atomic mass is 19.4. The van der Waals surface area contributed by atoms with Gasteiger partial charge in [0.2, 0.25) is 0 Å². The molecule has 1 saturated heterocycles. The van der Waals surface area contributed by atoms with Crippen molar-refractivity contribution in [1.29, 1.82) is 0 Å². The van der Waals surface area contributed by atoms with Crippen LogP contribution in [0.15, 0.2) is 24.3 Å². The molecule has 3 unspecified atom stereocenters. The van der Waals surface area contributed by atoms with Crippen LogP contribution in [0.5, 0.6) is 5.75 Å². The number of aliphatic hydroxyl groups excluding tert-OH is 1. The average molecular weight is 289 g/mol. The summed E-state index contributed by atoms with van der Waals surface area (Å²) >= 11 is 0. The van der Waals surface area contributed by atoms with Crippen LogP contribution in [-0.2, 0) is 0 Å². The lowest BCUT2D eigenvalue weighted by molar-refractivity contribution is -0.275. The molecule has 1 aliphatic heterocycles. The Morgan fingerprint density at radius 1 is 1.35 bits per heavy atom. The van der Waals surface area contributed by atoms with E-state index in [1.165, 1.54) is 18.2 Å². The predicted molar refractivity (Wildman–Crippen MR) is 68.3 cm³/mol. The van der Waals surface area contributed by atoms with E-state index in [4.69, 9.17) is 0 Å². The molecule has 0 bridgehead atoms. The number of benzene rings is 1. The zero-order valence-corrected chi connectivity index (χ0v) is 11.2. The van der Waals surface area contributed by atoms with Gasteiger partial charge in [-0.3, -0.25) is 0 Å². The molecule has 3 nitrogen and oxygen atoms in total. The Hall–Kier alpha value is -1.27. The number of aliphatic hydroxyl groups is 1. The highest BCUT2D eigenvalue weighted by Crippen LogP contribution is 2.34. The van der Waals surface area contributed by atoms with Crippen molar-refractivity contribution in [2.24, 2.45) is 5.92 Å². The van der Waals surface area contributed by atoms with Crippen LogP contribution in [0.25, 0.3) is 0 Å². The van der Waals surface area contributed by atoms with Gasteiger partial charge >= 0.3 is 6.36 Å². The molecule has 0 saturated carbocycles. The second kappa shape index (κ2) is 6.01. The Kier molecular flexibility index (Phi) is 4.55. The second-order valence-corrected chi connectivity index (χ2v) is 5.22. The van der Waals surface area contributed by atoms with E-state index in [1.807, 2.05) is 0 Å². The smallest absolute Gasteiger partial charge is 0.405 e. The van der Waals surface area contributed by atoms with E-state index in [0.717, 1.165) is 19.4 Å². The van der Waals surface area contributed by atoms with Gasteiger partial charge in [0.25, 0.3) is 0 Å². The molecule has 1 heterocycles. The lowest BCUT2D eigenvalue weighted by Crippen LogP contribution is -2.41. The first kappa shape index (κ1) is 15.1. The Balaban J connectivity index is 2.18. The monoisotopic (exact) mass is 289 g/mol. The van der Waals surface area contributed by atoms with Gasteiger partial charge in [-0.05, 0) is 31.4 Å². The van der Waals surface area contributed by atoms with E-state index in [1.54, 1.807) is 6.07 Å². The minimum atomic E-state index is -4.76. The van der Waals surface area contributed by atoms with Crippen LogP contribution in [0, 0.1) is 5.92 Å². The number of halogens is 3. The number of alkyl halides is 3. The Labute approximate surface area is 115 Å². The fraction of sp³-hybridized carbons (Fsp3) is 0.571. The first-order valence-corrected chi connectivity index (χ1v) is 6.63. The summed E-state index contributed by atoms with van der Waals surface area (Å²) in [4.78, 5) is 0. The highest BCUT2D eigenvalue weighted by Gasteiger charge is 2.34. The number of ether oxygens (including phenoxy) is 1. The summed E-state index contributed by atoms with van der Waals surface area (Å²) in [6, 6.07) is 5.48. The molecule has 20 heavy (non-hydrogen) atoms. The fourth-order valence-corrected chi connectivity index (χ4v) is 2.55. The predicted octanol–water partition coefficient (Wildman–Crippen LogP) is 3.01. The van der Waals surface area contributed by atoms with Crippen LogP contribution in [0.2, 0.25) is 0 Å². The van der Waals surface area contributed by atoms with Crippen molar-refractivity contribution >= 4 is 0 Å². The molecular weight excluding hydrogens is 271 g/mol. The lowest BCUT2D eigenvalue weighted by Gasteiger charge is -2.32. The summed E-state index contributed by atoms with van der Waals surface area (Å²) in [7, 11) is 0. The molecule has 2 rings (SSSR count). The van der Waals surface area contributed by atoms with E-state index in [-0.39, 0.29) is 17.4 Å². The van der Waals surface area contributed by atoms with Gasteiger partial charge in [0.15, 0.2) is 0 Å². The number of para-hydroxylation sites is 1. The summed E-state index contributed by atoms with van der Waals surface area (Å²) in [5.74, 6) is 0.0964. The zero-order chi connectivity index (χ0) is 14.8. The van der Waals surface area contributed by atoms with Crippen molar-refractivity contribution in [3.05, 3.63) is 29.8 Å². The van der Waals surface area contributed by atoms with Crippen LogP contribution < -0.4 is 10.1 Å². The lowest BCUT2D eigenvalue weighted by atomic mass is 9.88. The van der Waals surface area contributed by atoms with E-state index in [2.05, 4.69) is 17.0 Å². The molecule has 112 valence electrons. The minimum Gasteiger partial charge on any atom is -0.405 e. The third kappa shape index (κ3) is 3.86. The quantitative estimate of drug-likeness (QED) is 0.899. The first-order valence-electron chi connectivity index (χ1n) is 6.63. The molecule has 0 spiro atoms. The zero-order valence-electron chi connectivity index (χ0n) is 11.2. The van der Waals surface area contributed by atoms with E-state index < -0.39 is 12.5 Å². The van der Waals surface area contributed by atoms with Gasteiger partial charge in [-0.25, -0.2) is 0 Å². The van der Waals surface area contributed by atoms with Gasteiger partial charge in [0.1, 0.15) is 5.75 Å². The van der Waals surface area contributed by atoms with Crippen LogP contribution >= 0.6 is 0 Å². The molecule has 0 aliphatic carbocycles. The van der Waals surface area contributed by atoms with Crippen LogP contribution in [0.3, 0.4) is 0 Å². The molecule has 3 atom stereocenters. The van der Waals surface area contributed by atoms with Gasteiger partial charge in [0, 0.05) is 11.6 Å². The van der Waals surface area contributed by atoms with Crippen molar-refractivity contribution in [1.82, 2.24) is 5.32 Å². The molecule has 6 heteroatoms. The molecular formula is C14H18F3NO2. The number of hydrogen-bond donors (Lipinski definition) is 2. The first-order chi connectivity index (χ1) is 9.37. The maximum absolute atomic E-state index is 12.4. The van der Waals surface area contributed by atoms with E-state index in [9.17, 15) is 18.3 Å². The summed E-state index contributed by atoms with van der Waals surface area (Å²) < 4.78 is 41.1. The minimum absolute atomic E-state index is 0.163. The summed E-state index contributed by atoms with van der Waals surface area (Å²) in [5, 5.41) is 13.5. The number of rotatable bonds is 3. The SMILES string of the molecule is CC1CCNC(C(O)c2ccccc2OC(F)(F)F)C1. The topological polar surface area (TPSA) is 41.5 Å². The van der Waals surface area contributed by atoms with Crippen LogP contribution in [0.1, 0.15) is 31.4 Å². The molecule has 2 N–H and O–H groups in total. The molecule has 0 amide bonds. The molecule has 0 aromatic heterocycles. The summed E-state index contributed by atoms with van der Waals surface area (Å²) in [5.41, 5.74) is 0.163. The van der Waals surface area contributed by atoms with Crippen molar-refractivity contribution in [2.75, 3.05) is 6.54 Å². The van der Waals surface area contributed by atoms with Crippen LogP contribution in [0.4, 0.5) is 13.2 Å². The number of hydrogen-bond acceptors (Lipinski definition) is 3. The van der Waals surface area contributed by atoms with Crippen molar-refractivity contribution in [3.8, 4) is 5.75 Å². The van der Waals surface area contributed by atoms with Gasteiger partial charge in [0.05, 0.1) is 6.10 Å². The molecule has 1 aromatic rings. The Morgan fingerprint density at radius 3 is 2.70 bits per heavy atom. The Morgan fingerprint density at radius 2 is 2.05 bits per heavy atom. The standard InChI is InChI=1S/C14H18F3NO2/c1-9-6-7-18-11(8-9)13(19)10-4-2-3-5-12(10)20-14(15,16)17/h2-5,9,11,13,18-19H,6-8H2,1H3. The normalized spacial score (nSPS) is 25.2. The second-order valence-electron chi connectivity index (χ2n) is 5.22. The van der Waals surface area contributed by atoms with Gasteiger partial charge in [-0.1, -0.05) is 25.1 Å². The summed E-state index contributed by atoms with van der Waals surface area (Å²) in [6.07, 6.45) is -4.05. The fourth-order valence-electron chi connectivity index (χ4n) is 2.55. The third-order valence-electron chi connectivity index (χ3n) is 3.54. The van der Waals surface area contributed by atoms with E-state index >= 15 is 0 Å². The highest BCUT2D eigenvalue weighted by molar-refractivity contribution is 5.36. The Bertz CT molecular complexity index is 450. The maximum atomic E-state index is 12.4. The van der Waals surface area contributed by atoms with Crippen LogP contribution in [-0.4, -0.2) is 24.1 Å². The summed E-state index contributed by atoms with van der Waals surface area (Å²) in [6.45, 7) is 2.82. The average Bonchev–Trinajstić information content (AvgIpc) is 2.37. The molecule has 0 radical (unpaired) electrons. The molecule has 1 aromatic carbocycles.